The third kappa shape index (κ3) is 5.23. The van der Waals surface area contributed by atoms with Crippen LogP contribution in [-0.2, 0) is 11.2 Å². The number of rotatable bonds is 6. The lowest BCUT2D eigenvalue weighted by molar-refractivity contribution is 0.0451. The van der Waals surface area contributed by atoms with E-state index in [1.54, 1.807) is 12.1 Å². The van der Waals surface area contributed by atoms with Gasteiger partial charge in [0.1, 0.15) is 24.7 Å². The lowest BCUT2D eigenvalue weighted by Gasteiger charge is -2.22. The summed E-state index contributed by atoms with van der Waals surface area (Å²) < 4.78 is 12.3. The maximum atomic E-state index is 13.3. The fourth-order valence-corrected chi connectivity index (χ4v) is 4.78. The van der Waals surface area contributed by atoms with E-state index in [-0.39, 0.29) is 24.9 Å². The molecule has 0 fully saturated rings. The summed E-state index contributed by atoms with van der Waals surface area (Å²) in [4.78, 5) is 18.3. The zero-order chi connectivity index (χ0) is 24.2. The molecule has 6 heteroatoms. The first kappa shape index (κ1) is 23.1. The summed E-state index contributed by atoms with van der Waals surface area (Å²) in [6, 6.07) is 22.3. The van der Waals surface area contributed by atoms with Crippen molar-refractivity contribution in [3.8, 4) is 11.5 Å². The molecule has 1 aliphatic rings. The lowest BCUT2D eigenvalue weighted by Crippen LogP contribution is -2.17. The number of aromatic nitrogens is 1. The fraction of sp³-hybridized carbons (Fsp3) is 0.172. The van der Waals surface area contributed by atoms with Crippen LogP contribution < -0.4 is 4.74 Å². The van der Waals surface area contributed by atoms with Crippen LogP contribution in [0.15, 0.2) is 77.3 Å². The molecule has 5 nitrogen and oxygen atoms in total. The average molecular weight is 530 g/mol. The monoisotopic (exact) mass is 529 g/mol. The van der Waals surface area contributed by atoms with Crippen molar-refractivity contribution in [2.24, 2.45) is 0 Å². The molecule has 0 radical (unpaired) electrons. The minimum absolute atomic E-state index is 0.146. The number of aromatic hydroxyl groups is 1. The van der Waals surface area contributed by atoms with Crippen LogP contribution in [0.5, 0.6) is 11.5 Å². The third-order valence-electron chi connectivity index (χ3n) is 5.99. The Bertz CT molecular complexity index is 1410. The summed E-state index contributed by atoms with van der Waals surface area (Å²) in [7, 11) is 0. The number of benzene rings is 3. The molecule has 0 atom stereocenters. The van der Waals surface area contributed by atoms with Gasteiger partial charge in [0, 0.05) is 9.86 Å². The predicted molar refractivity (Wildman–Crippen MR) is 141 cm³/mol. The second kappa shape index (κ2) is 10.3. The number of para-hydroxylation sites is 1. The van der Waals surface area contributed by atoms with Gasteiger partial charge in [-0.05, 0) is 78.4 Å². The molecule has 1 N–H and O–H groups in total. The standard InChI is InChI=1S/C29H24BrNO4/c30-21-6-4-7-23(18-21)34-15-16-35-29(33)27-24-8-1-2-10-26(24)31-28-20(5-3-9-25(27)28)17-19-11-13-22(32)14-12-19/h1-2,4,6-8,10-14,17-18,32H,3,5,9,15-16H2/b20-17+. The van der Waals surface area contributed by atoms with E-state index in [9.17, 15) is 9.90 Å². The maximum absolute atomic E-state index is 13.3. The number of halogens is 1. The number of nitrogens with zero attached hydrogens (tertiary/aromatic N) is 1. The Labute approximate surface area is 212 Å². The SMILES string of the molecule is O=C(OCCOc1cccc(Br)c1)c1c2c(nc3ccccc13)/C(=C/c1ccc(O)cc1)CCC2. The zero-order valence-corrected chi connectivity index (χ0v) is 20.6. The van der Waals surface area contributed by atoms with Crippen molar-refractivity contribution in [3.05, 3.63) is 99.7 Å². The minimum Gasteiger partial charge on any atom is -0.508 e. The lowest BCUT2D eigenvalue weighted by atomic mass is 9.86. The Morgan fingerprint density at radius 1 is 1.00 bits per heavy atom. The summed E-state index contributed by atoms with van der Waals surface area (Å²) in [5.41, 5.74) is 5.19. The fourth-order valence-electron chi connectivity index (χ4n) is 4.40. The largest absolute Gasteiger partial charge is 0.508 e. The van der Waals surface area contributed by atoms with Crippen LogP contribution in [0.1, 0.15) is 40.0 Å². The van der Waals surface area contributed by atoms with E-state index in [0.29, 0.717) is 11.3 Å². The molecule has 5 rings (SSSR count). The molecule has 0 aliphatic heterocycles. The van der Waals surface area contributed by atoms with Crippen LogP contribution in [0.3, 0.4) is 0 Å². The number of carbonyl (C=O) groups excluding carboxylic acids is 1. The minimum atomic E-state index is -0.358. The quantitative estimate of drug-likeness (QED) is 0.219. The number of phenolic OH excluding ortho intramolecular Hbond substituents is 1. The number of esters is 1. The Hall–Kier alpha value is -3.64. The van der Waals surface area contributed by atoms with E-state index in [0.717, 1.165) is 57.0 Å². The number of ether oxygens (including phenoxy) is 2. The van der Waals surface area contributed by atoms with Gasteiger partial charge in [-0.25, -0.2) is 9.78 Å². The van der Waals surface area contributed by atoms with Crippen molar-refractivity contribution < 1.29 is 19.4 Å². The number of hydrogen-bond donors (Lipinski definition) is 1. The Morgan fingerprint density at radius 2 is 1.83 bits per heavy atom. The van der Waals surface area contributed by atoms with Crippen LogP contribution in [0, 0.1) is 0 Å². The maximum Gasteiger partial charge on any atom is 0.339 e. The molecule has 176 valence electrons. The number of phenols is 1. The van der Waals surface area contributed by atoms with Crippen molar-refractivity contribution in [2.45, 2.75) is 19.3 Å². The Balaban J connectivity index is 1.43. The second-order valence-corrected chi connectivity index (χ2v) is 9.30. The molecule has 0 unspecified atom stereocenters. The van der Waals surface area contributed by atoms with Gasteiger partial charge in [-0.2, -0.15) is 0 Å². The van der Waals surface area contributed by atoms with E-state index in [4.69, 9.17) is 14.5 Å². The summed E-state index contributed by atoms with van der Waals surface area (Å²) in [6.07, 6.45) is 4.64. The smallest absolute Gasteiger partial charge is 0.339 e. The average Bonchev–Trinajstić information content (AvgIpc) is 2.87. The number of hydrogen-bond acceptors (Lipinski definition) is 5. The van der Waals surface area contributed by atoms with Crippen LogP contribution in [0.4, 0.5) is 0 Å². The normalized spacial score (nSPS) is 14.0. The molecule has 0 spiro atoms. The molecule has 1 aliphatic carbocycles. The highest BCUT2D eigenvalue weighted by Crippen LogP contribution is 2.36. The molecule has 0 saturated carbocycles. The second-order valence-electron chi connectivity index (χ2n) is 8.39. The predicted octanol–water partition coefficient (Wildman–Crippen LogP) is 6.82. The third-order valence-corrected chi connectivity index (χ3v) is 6.48. The molecule has 0 saturated heterocycles. The van der Waals surface area contributed by atoms with E-state index in [1.165, 1.54) is 0 Å². The van der Waals surface area contributed by atoms with Crippen molar-refractivity contribution >= 4 is 44.5 Å². The van der Waals surface area contributed by atoms with Crippen LogP contribution in [-0.4, -0.2) is 29.3 Å². The molecule has 3 aromatic carbocycles. The van der Waals surface area contributed by atoms with Gasteiger partial charge in [0.25, 0.3) is 0 Å². The molecule has 4 aromatic rings. The summed E-state index contributed by atoms with van der Waals surface area (Å²) in [5, 5.41) is 10.4. The van der Waals surface area contributed by atoms with Gasteiger partial charge in [0.05, 0.1) is 16.8 Å². The van der Waals surface area contributed by atoms with Gasteiger partial charge >= 0.3 is 5.97 Å². The number of carbonyl (C=O) groups is 1. The topological polar surface area (TPSA) is 68.7 Å². The van der Waals surface area contributed by atoms with Crippen LogP contribution in [0.2, 0.25) is 0 Å². The summed E-state index contributed by atoms with van der Waals surface area (Å²) >= 11 is 3.42. The van der Waals surface area contributed by atoms with Crippen molar-refractivity contribution in [1.82, 2.24) is 4.98 Å². The molecule has 35 heavy (non-hydrogen) atoms. The van der Waals surface area contributed by atoms with Gasteiger partial charge in [-0.15, -0.1) is 0 Å². The first-order chi connectivity index (χ1) is 17.1. The highest BCUT2D eigenvalue weighted by atomic mass is 79.9. The van der Waals surface area contributed by atoms with Gasteiger partial charge in [-0.3, -0.25) is 0 Å². The van der Waals surface area contributed by atoms with E-state index < -0.39 is 0 Å². The Morgan fingerprint density at radius 3 is 2.66 bits per heavy atom. The number of fused-ring (bicyclic) bond motifs is 2. The molecule has 1 aromatic heterocycles. The van der Waals surface area contributed by atoms with E-state index >= 15 is 0 Å². The van der Waals surface area contributed by atoms with Crippen LogP contribution in [0.25, 0.3) is 22.6 Å². The zero-order valence-electron chi connectivity index (χ0n) is 19.0. The van der Waals surface area contributed by atoms with Gasteiger partial charge in [-0.1, -0.05) is 52.3 Å². The number of allylic oxidation sites excluding steroid dienone is 1. The number of pyridine rings is 1. The van der Waals surface area contributed by atoms with Crippen LogP contribution >= 0.6 is 15.9 Å². The molecular weight excluding hydrogens is 506 g/mol. The van der Waals surface area contributed by atoms with Crippen molar-refractivity contribution in [2.75, 3.05) is 13.2 Å². The molecule has 1 heterocycles. The highest BCUT2D eigenvalue weighted by molar-refractivity contribution is 9.10. The summed E-state index contributed by atoms with van der Waals surface area (Å²) in [6.45, 7) is 0.409. The van der Waals surface area contributed by atoms with Gasteiger partial charge in [0.2, 0.25) is 0 Å². The molecular formula is C29H24BrNO4. The van der Waals surface area contributed by atoms with Crippen molar-refractivity contribution in [3.63, 3.8) is 0 Å². The molecule has 0 amide bonds. The first-order valence-corrected chi connectivity index (χ1v) is 12.3. The van der Waals surface area contributed by atoms with E-state index in [2.05, 4.69) is 22.0 Å². The van der Waals surface area contributed by atoms with E-state index in [1.807, 2.05) is 60.7 Å². The summed E-state index contributed by atoms with van der Waals surface area (Å²) in [5.74, 6) is 0.587. The molecule has 0 bridgehead atoms. The first-order valence-electron chi connectivity index (χ1n) is 11.6. The van der Waals surface area contributed by atoms with Gasteiger partial charge in [0.15, 0.2) is 0 Å². The van der Waals surface area contributed by atoms with Crippen molar-refractivity contribution in [1.29, 1.82) is 0 Å². The Kier molecular flexibility index (Phi) is 6.82. The highest BCUT2D eigenvalue weighted by Gasteiger charge is 2.26. The van der Waals surface area contributed by atoms with Gasteiger partial charge < -0.3 is 14.6 Å².